The molecule has 2 aromatic heterocycles. The van der Waals surface area contributed by atoms with E-state index in [9.17, 15) is 18.0 Å². The number of nitrogens with zero attached hydrogens (tertiary/aromatic N) is 4. The number of carbonyl (C=O) groups is 1. The lowest BCUT2D eigenvalue weighted by atomic mass is 10.1. The Kier molecular flexibility index (Phi) is 7.66. The Morgan fingerprint density at radius 1 is 1.11 bits per heavy atom. The second-order valence-electron chi connectivity index (χ2n) is 8.56. The van der Waals surface area contributed by atoms with Crippen molar-refractivity contribution in [3.05, 3.63) is 58.6 Å². The monoisotopic (exact) mass is 505 g/mol. The zero-order valence-electron chi connectivity index (χ0n) is 19.4. The van der Waals surface area contributed by atoms with Gasteiger partial charge in [0, 0.05) is 41.5 Å². The molecular formula is C24H26F3N5O2S. The number of ether oxygens (including phenoxy) is 1. The number of aryl methyl sites for hydroxylation is 2. The second-order valence-corrected chi connectivity index (χ2v) is 9.80. The molecule has 11 heteroatoms. The molecule has 7 nitrogen and oxygen atoms in total. The summed E-state index contributed by atoms with van der Waals surface area (Å²) in [7, 11) is 0. The van der Waals surface area contributed by atoms with Gasteiger partial charge in [-0.25, -0.2) is 4.98 Å². The number of carbonyl (C=O) groups excluding carboxylic acids is 1. The number of likely N-dealkylation sites (tertiary alicyclic amines) is 1. The van der Waals surface area contributed by atoms with Crippen molar-refractivity contribution >= 4 is 17.2 Å². The van der Waals surface area contributed by atoms with Crippen molar-refractivity contribution in [2.75, 3.05) is 19.6 Å². The molecule has 1 N–H and O–H groups in total. The number of hydrogen-bond acceptors (Lipinski definition) is 7. The summed E-state index contributed by atoms with van der Waals surface area (Å²) in [6.45, 7) is 3.71. The molecule has 1 saturated heterocycles. The van der Waals surface area contributed by atoms with Crippen LogP contribution in [-0.4, -0.2) is 57.7 Å². The van der Waals surface area contributed by atoms with Crippen LogP contribution in [0.3, 0.4) is 0 Å². The van der Waals surface area contributed by atoms with Gasteiger partial charge in [-0.1, -0.05) is 0 Å². The Balaban J connectivity index is 1.48. The van der Waals surface area contributed by atoms with Gasteiger partial charge in [0.25, 0.3) is 5.91 Å². The van der Waals surface area contributed by atoms with Crippen molar-refractivity contribution in [2.24, 2.45) is 0 Å². The van der Waals surface area contributed by atoms with E-state index in [1.54, 1.807) is 30.7 Å². The van der Waals surface area contributed by atoms with Gasteiger partial charge < -0.3 is 10.1 Å². The van der Waals surface area contributed by atoms with Gasteiger partial charge in [-0.2, -0.15) is 13.2 Å². The first-order chi connectivity index (χ1) is 16.6. The summed E-state index contributed by atoms with van der Waals surface area (Å²) in [4.78, 5) is 28.2. The number of nitrogens with one attached hydrogen (secondary N) is 1. The van der Waals surface area contributed by atoms with Gasteiger partial charge in [-0.15, -0.1) is 11.3 Å². The predicted octanol–water partition coefficient (Wildman–Crippen LogP) is 4.55. The number of hydrogen-bond donors (Lipinski definition) is 1. The van der Waals surface area contributed by atoms with E-state index in [2.05, 4.69) is 20.3 Å². The largest absolute Gasteiger partial charge is 0.490 e. The lowest BCUT2D eigenvalue weighted by Gasteiger charge is -2.32. The van der Waals surface area contributed by atoms with E-state index in [1.807, 2.05) is 19.9 Å². The van der Waals surface area contributed by atoms with Crippen LogP contribution >= 0.6 is 11.3 Å². The highest BCUT2D eigenvalue weighted by atomic mass is 32.1. The molecule has 1 aromatic carbocycles. The zero-order chi connectivity index (χ0) is 25.0. The molecule has 1 aliphatic rings. The minimum absolute atomic E-state index is 0.223. The third-order valence-corrected chi connectivity index (χ3v) is 6.50. The maximum atomic E-state index is 12.9. The summed E-state index contributed by atoms with van der Waals surface area (Å²) in [6, 6.07) is 5.23. The first-order valence-corrected chi connectivity index (χ1v) is 12.1. The Bertz CT molecular complexity index is 1160. The Morgan fingerprint density at radius 3 is 2.51 bits per heavy atom. The van der Waals surface area contributed by atoms with Crippen LogP contribution in [0.2, 0.25) is 0 Å². The van der Waals surface area contributed by atoms with Crippen LogP contribution < -0.4 is 10.1 Å². The van der Waals surface area contributed by atoms with Crippen LogP contribution in [0.5, 0.6) is 5.75 Å². The van der Waals surface area contributed by atoms with E-state index in [4.69, 9.17) is 4.74 Å². The van der Waals surface area contributed by atoms with E-state index in [-0.39, 0.29) is 18.6 Å². The molecule has 1 aliphatic heterocycles. The van der Waals surface area contributed by atoms with Crippen LogP contribution in [0.15, 0.2) is 36.8 Å². The summed E-state index contributed by atoms with van der Waals surface area (Å²) < 4.78 is 44.2. The molecule has 3 heterocycles. The van der Waals surface area contributed by atoms with E-state index in [0.29, 0.717) is 42.9 Å². The minimum Gasteiger partial charge on any atom is -0.490 e. The van der Waals surface area contributed by atoms with Crippen molar-refractivity contribution in [3.63, 3.8) is 0 Å². The topological polar surface area (TPSA) is 80.2 Å². The predicted molar refractivity (Wildman–Crippen MR) is 126 cm³/mol. The van der Waals surface area contributed by atoms with Crippen molar-refractivity contribution in [1.82, 2.24) is 25.2 Å². The maximum absolute atomic E-state index is 12.9. The number of rotatable bonds is 7. The molecule has 0 saturated carbocycles. The zero-order valence-corrected chi connectivity index (χ0v) is 20.2. The summed E-state index contributed by atoms with van der Waals surface area (Å²) in [5.74, 6) is 0.192. The number of thiazole rings is 1. The fourth-order valence-corrected chi connectivity index (χ4v) is 4.58. The first-order valence-electron chi connectivity index (χ1n) is 11.2. The van der Waals surface area contributed by atoms with Crippen molar-refractivity contribution in [3.8, 4) is 16.3 Å². The first kappa shape index (κ1) is 25.1. The van der Waals surface area contributed by atoms with Gasteiger partial charge in [-0.3, -0.25) is 19.7 Å². The number of aromatic nitrogens is 3. The van der Waals surface area contributed by atoms with Gasteiger partial charge in [0.1, 0.15) is 16.9 Å². The maximum Gasteiger partial charge on any atom is 0.401 e. The molecule has 0 bridgehead atoms. The van der Waals surface area contributed by atoms with Crippen molar-refractivity contribution in [2.45, 2.75) is 45.5 Å². The number of benzene rings is 1. The Labute approximate surface area is 205 Å². The molecule has 3 aromatic rings. The lowest BCUT2D eigenvalue weighted by Crippen LogP contribution is -2.42. The number of amides is 1. The molecule has 0 atom stereocenters. The minimum atomic E-state index is -4.21. The van der Waals surface area contributed by atoms with Crippen LogP contribution in [0.4, 0.5) is 13.2 Å². The summed E-state index contributed by atoms with van der Waals surface area (Å²) in [5, 5.41) is 3.61. The standard InChI is InChI=1S/C24H26F3N5O2S/c1-15-10-29-19(12-28-15)13-30-22(33)17-7-18(23-31-11-16(2)35-23)9-21(8-17)34-20-3-5-32(6-4-20)14-24(25,26)27/h7-12,20H,3-6,13-14H2,1-2H3,(H,30,33). The van der Waals surface area contributed by atoms with Gasteiger partial charge in [0.15, 0.2) is 0 Å². The average Bonchev–Trinajstić information content (AvgIpc) is 3.25. The molecule has 186 valence electrons. The summed E-state index contributed by atoms with van der Waals surface area (Å²) in [6.07, 6.45) is 1.53. The van der Waals surface area contributed by atoms with E-state index < -0.39 is 12.7 Å². The average molecular weight is 506 g/mol. The molecule has 0 spiro atoms. The van der Waals surface area contributed by atoms with Gasteiger partial charge in [0.05, 0.1) is 30.7 Å². The van der Waals surface area contributed by atoms with Gasteiger partial charge >= 0.3 is 6.18 Å². The van der Waals surface area contributed by atoms with Gasteiger partial charge in [-0.05, 0) is 44.9 Å². The quantitative estimate of drug-likeness (QED) is 0.508. The third-order valence-electron chi connectivity index (χ3n) is 5.54. The molecule has 0 aliphatic carbocycles. The summed E-state index contributed by atoms with van der Waals surface area (Å²) in [5.41, 5.74) is 2.57. The van der Waals surface area contributed by atoms with Crippen LogP contribution in [0.1, 0.15) is 39.5 Å². The van der Waals surface area contributed by atoms with Crippen molar-refractivity contribution in [1.29, 1.82) is 0 Å². The van der Waals surface area contributed by atoms with Crippen LogP contribution in [0, 0.1) is 13.8 Å². The second kappa shape index (κ2) is 10.7. The fraction of sp³-hybridized carbons (Fsp3) is 0.417. The Morgan fingerprint density at radius 2 is 1.89 bits per heavy atom. The number of piperidine rings is 1. The smallest absolute Gasteiger partial charge is 0.401 e. The number of alkyl halides is 3. The van der Waals surface area contributed by atoms with E-state index >= 15 is 0 Å². The normalized spacial score (nSPS) is 15.2. The molecule has 0 unspecified atom stereocenters. The molecule has 35 heavy (non-hydrogen) atoms. The van der Waals surface area contributed by atoms with E-state index in [0.717, 1.165) is 21.1 Å². The van der Waals surface area contributed by atoms with Crippen LogP contribution in [0.25, 0.3) is 10.6 Å². The molecule has 1 fully saturated rings. The molecule has 1 amide bonds. The third kappa shape index (κ3) is 7.22. The fourth-order valence-electron chi connectivity index (χ4n) is 3.82. The highest BCUT2D eigenvalue weighted by molar-refractivity contribution is 7.14. The Hall–Kier alpha value is -3.05. The number of halogens is 3. The highest BCUT2D eigenvalue weighted by Gasteiger charge is 2.33. The molecule has 4 rings (SSSR count). The lowest BCUT2D eigenvalue weighted by molar-refractivity contribution is -0.149. The highest BCUT2D eigenvalue weighted by Crippen LogP contribution is 2.31. The SMILES string of the molecule is Cc1cnc(CNC(=O)c2cc(OC3CCN(CC(F)(F)F)CC3)cc(-c3ncc(C)s3)c2)cn1. The molecular weight excluding hydrogens is 479 g/mol. The molecule has 0 radical (unpaired) electrons. The van der Waals surface area contributed by atoms with E-state index in [1.165, 1.54) is 16.2 Å². The van der Waals surface area contributed by atoms with Crippen molar-refractivity contribution < 1.29 is 22.7 Å². The van der Waals surface area contributed by atoms with Crippen LogP contribution in [-0.2, 0) is 6.54 Å². The van der Waals surface area contributed by atoms with Gasteiger partial charge in [0.2, 0.25) is 0 Å². The summed E-state index contributed by atoms with van der Waals surface area (Å²) >= 11 is 1.50.